The lowest BCUT2D eigenvalue weighted by atomic mass is 9.93. The van der Waals surface area contributed by atoms with Crippen molar-refractivity contribution in [3.8, 4) is 0 Å². The van der Waals surface area contributed by atoms with Crippen molar-refractivity contribution in [2.24, 2.45) is 11.8 Å². The molecule has 0 aromatic carbocycles. The third-order valence-corrected chi connectivity index (χ3v) is 4.92. The highest BCUT2D eigenvalue weighted by Gasteiger charge is 2.57. The van der Waals surface area contributed by atoms with E-state index in [1.807, 2.05) is 18.9 Å². The van der Waals surface area contributed by atoms with Crippen molar-refractivity contribution in [1.29, 1.82) is 0 Å². The first-order valence-corrected chi connectivity index (χ1v) is 6.28. The zero-order valence-electron chi connectivity index (χ0n) is 7.57. The molecule has 13 heavy (non-hydrogen) atoms. The molecule has 3 fully saturated rings. The third-order valence-electron chi connectivity index (χ3n) is 3.57. The van der Waals surface area contributed by atoms with Crippen LogP contribution in [0.25, 0.3) is 0 Å². The molecule has 2 bridgehead atoms. The van der Waals surface area contributed by atoms with E-state index in [0.29, 0.717) is 12.1 Å². The maximum atomic E-state index is 5.87. The molecular weight excluding hydrogens is 206 g/mol. The number of nitrogens with one attached hydrogen (secondary N) is 1. The van der Waals surface area contributed by atoms with Gasteiger partial charge in [0.1, 0.15) is 5.56 Å². The van der Waals surface area contributed by atoms with E-state index in [-0.39, 0.29) is 5.56 Å². The van der Waals surface area contributed by atoms with Crippen LogP contribution >= 0.6 is 23.5 Å². The Bertz CT molecular complexity index is 224. The zero-order valence-corrected chi connectivity index (χ0v) is 9.15. The molecule has 1 heterocycles. The first-order valence-electron chi connectivity index (χ1n) is 4.96. The number of rotatable bonds is 2. The molecule has 2 aliphatic carbocycles. The molecule has 0 aromatic rings. The van der Waals surface area contributed by atoms with Crippen LogP contribution in [-0.4, -0.2) is 23.0 Å². The van der Waals surface area contributed by atoms with Crippen molar-refractivity contribution in [2.75, 3.05) is 0 Å². The maximum absolute atomic E-state index is 5.87. The van der Waals surface area contributed by atoms with Crippen molar-refractivity contribution in [3.05, 3.63) is 0 Å². The van der Waals surface area contributed by atoms with Gasteiger partial charge in [0, 0.05) is 11.3 Å². The largest absolute Gasteiger partial charge is 0.358 e. The van der Waals surface area contributed by atoms with Gasteiger partial charge >= 0.3 is 0 Å². The van der Waals surface area contributed by atoms with E-state index in [9.17, 15) is 0 Å². The fourth-order valence-corrected chi connectivity index (χ4v) is 4.68. The first kappa shape index (κ1) is 8.84. The second-order valence-electron chi connectivity index (χ2n) is 4.34. The molecule has 0 amide bonds. The molecule has 74 valence electrons. The molecule has 3 rings (SSSR count). The number of alkyl halides is 1. The van der Waals surface area contributed by atoms with Gasteiger partial charge in [0.25, 0.3) is 0 Å². The van der Waals surface area contributed by atoms with Crippen LogP contribution in [0.3, 0.4) is 0 Å². The Morgan fingerprint density at radius 3 is 3.15 bits per heavy atom. The first-order chi connectivity index (χ1) is 6.25. The Balaban J connectivity index is 1.77. The third kappa shape index (κ3) is 1.24. The molecule has 0 radical (unpaired) electrons. The van der Waals surface area contributed by atoms with Gasteiger partial charge in [-0.05, 0) is 31.6 Å². The van der Waals surface area contributed by atoms with Crippen LogP contribution in [0.2, 0.25) is 0 Å². The van der Waals surface area contributed by atoms with Crippen LogP contribution in [0.5, 0.6) is 0 Å². The molecule has 1 aliphatic heterocycles. The van der Waals surface area contributed by atoms with Crippen LogP contribution in [-0.2, 0) is 4.74 Å². The van der Waals surface area contributed by atoms with Crippen molar-refractivity contribution in [1.82, 2.24) is 4.72 Å². The maximum Gasteiger partial charge on any atom is 0.128 e. The summed E-state index contributed by atoms with van der Waals surface area (Å²) in [7, 11) is 0. The van der Waals surface area contributed by atoms with E-state index < -0.39 is 0 Å². The second-order valence-corrected chi connectivity index (χ2v) is 6.03. The molecule has 1 saturated heterocycles. The lowest BCUT2D eigenvalue weighted by molar-refractivity contribution is -0.00530. The van der Waals surface area contributed by atoms with Gasteiger partial charge in [0.2, 0.25) is 0 Å². The molecule has 6 unspecified atom stereocenters. The topological polar surface area (TPSA) is 21.3 Å². The van der Waals surface area contributed by atoms with Gasteiger partial charge in [-0.1, -0.05) is 23.5 Å². The van der Waals surface area contributed by atoms with Crippen molar-refractivity contribution >= 4 is 23.5 Å². The Labute approximate surface area is 87.9 Å². The van der Waals surface area contributed by atoms with Gasteiger partial charge in [-0.15, -0.1) is 0 Å². The molecule has 2 saturated carbocycles. The summed E-state index contributed by atoms with van der Waals surface area (Å²) in [4.78, 5) is 0. The van der Waals surface area contributed by atoms with Gasteiger partial charge in [-0.3, -0.25) is 4.72 Å². The van der Waals surface area contributed by atoms with E-state index in [0.717, 1.165) is 17.1 Å². The summed E-state index contributed by atoms with van der Waals surface area (Å²) in [5.41, 5.74) is -0.143. The van der Waals surface area contributed by atoms with Gasteiger partial charge in [0.05, 0.1) is 6.10 Å². The fraction of sp³-hybridized carbons (Fsp3) is 1.00. The van der Waals surface area contributed by atoms with Crippen LogP contribution in [0.4, 0.5) is 0 Å². The summed E-state index contributed by atoms with van der Waals surface area (Å²) in [5, 5.41) is 0.862. The molecule has 0 aromatic heterocycles. The van der Waals surface area contributed by atoms with E-state index in [4.69, 9.17) is 16.3 Å². The summed E-state index contributed by atoms with van der Waals surface area (Å²) in [6, 6.07) is 0.579. The zero-order chi connectivity index (χ0) is 9.00. The lowest BCUT2D eigenvalue weighted by Gasteiger charge is -2.27. The second kappa shape index (κ2) is 3.02. The summed E-state index contributed by atoms with van der Waals surface area (Å²) in [6.45, 7) is 1.91. The Morgan fingerprint density at radius 1 is 1.54 bits per heavy atom. The van der Waals surface area contributed by atoms with Crippen molar-refractivity contribution in [2.45, 2.75) is 42.7 Å². The predicted octanol–water partition coefficient (Wildman–Crippen LogP) is 1.98. The fourth-order valence-electron chi connectivity index (χ4n) is 3.12. The van der Waals surface area contributed by atoms with Gasteiger partial charge in [0.15, 0.2) is 0 Å². The Morgan fingerprint density at radius 2 is 2.38 bits per heavy atom. The highest BCUT2D eigenvalue weighted by atomic mass is 35.5. The number of fused-ring (bicyclic) bond motifs is 1. The van der Waals surface area contributed by atoms with Crippen molar-refractivity contribution < 1.29 is 4.74 Å². The van der Waals surface area contributed by atoms with Crippen LogP contribution in [0.15, 0.2) is 0 Å². The Kier molecular flexibility index (Phi) is 2.06. The lowest BCUT2D eigenvalue weighted by Crippen LogP contribution is -2.40. The smallest absolute Gasteiger partial charge is 0.128 e. The standard InChI is InChI=1S/C9H14ClNOS/c1-4(10)12-9-5-2-6-7(3-5)13-11-8(6)9/h4-9,11H,2-3H2,1H3. The number of ether oxygens (including phenoxy) is 1. The number of halogens is 1. The average Bonchev–Trinajstić information content (AvgIpc) is 2.60. The number of hydrogen-bond acceptors (Lipinski definition) is 3. The summed E-state index contributed by atoms with van der Waals surface area (Å²) < 4.78 is 9.26. The van der Waals surface area contributed by atoms with E-state index in [1.165, 1.54) is 12.8 Å². The Hall–Kier alpha value is 0.560. The van der Waals surface area contributed by atoms with Gasteiger partial charge in [-0.25, -0.2) is 0 Å². The minimum absolute atomic E-state index is 0.143. The van der Waals surface area contributed by atoms with Crippen LogP contribution in [0.1, 0.15) is 19.8 Å². The quantitative estimate of drug-likeness (QED) is 0.567. The minimum Gasteiger partial charge on any atom is -0.358 e. The SMILES string of the molecule is CC(Cl)OC1C2CC3SNC1C3C2. The normalized spacial score (nSPS) is 54.5. The highest BCUT2D eigenvalue weighted by molar-refractivity contribution is 7.98. The average molecular weight is 220 g/mol. The van der Waals surface area contributed by atoms with Crippen LogP contribution in [0, 0.1) is 11.8 Å². The van der Waals surface area contributed by atoms with E-state index in [1.54, 1.807) is 0 Å². The molecular formula is C9H14ClNOS. The predicted molar refractivity (Wildman–Crippen MR) is 54.7 cm³/mol. The monoisotopic (exact) mass is 219 g/mol. The minimum atomic E-state index is -0.143. The van der Waals surface area contributed by atoms with Crippen molar-refractivity contribution in [3.63, 3.8) is 0 Å². The van der Waals surface area contributed by atoms with E-state index >= 15 is 0 Å². The summed E-state index contributed by atoms with van der Waals surface area (Å²) in [6.07, 6.45) is 3.06. The molecule has 0 spiro atoms. The summed E-state index contributed by atoms with van der Waals surface area (Å²) in [5.74, 6) is 1.62. The van der Waals surface area contributed by atoms with Crippen LogP contribution < -0.4 is 4.72 Å². The molecule has 1 N–H and O–H groups in total. The molecule has 6 atom stereocenters. The molecule has 3 aliphatic rings. The van der Waals surface area contributed by atoms with Gasteiger partial charge in [-0.2, -0.15) is 0 Å². The summed E-state index contributed by atoms with van der Waals surface area (Å²) >= 11 is 7.79. The molecule has 2 nitrogen and oxygen atoms in total. The number of hydrogen-bond donors (Lipinski definition) is 1. The highest BCUT2D eigenvalue weighted by Crippen LogP contribution is 2.55. The van der Waals surface area contributed by atoms with E-state index in [2.05, 4.69) is 4.72 Å². The molecule has 4 heteroatoms. The van der Waals surface area contributed by atoms with Gasteiger partial charge < -0.3 is 4.74 Å².